The number of pyridine rings is 1. The van der Waals surface area contributed by atoms with E-state index in [1.165, 1.54) is 12.3 Å². The Kier molecular flexibility index (Phi) is 4.52. The molecule has 6 heteroatoms. The second-order valence-corrected chi connectivity index (χ2v) is 6.65. The Balaban J connectivity index is 2.33. The Bertz CT molecular complexity index is 559. The lowest BCUT2D eigenvalue weighted by atomic mass is 9.78. The minimum Gasteiger partial charge on any atom is -0.400 e. The number of hydrogen-bond acceptors (Lipinski definition) is 4. The number of hydrogen-bond donors (Lipinski definition) is 1. The van der Waals surface area contributed by atoms with Crippen molar-refractivity contribution in [3.63, 3.8) is 0 Å². The van der Waals surface area contributed by atoms with Gasteiger partial charge in [0.25, 0.3) is 0 Å². The molecule has 0 radical (unpaired) electrons. The molecule has 1 fully saturated rings. The fourth-order valence-electron chi connectivity index (χ4n) is 2.05. The van der Waals surface area contributed by atoms with Gasteiger partial charge in [-0.1, -0.05) is 6.08 Å². The van der Waals surface area contributed by atoms with Crippen LogP contribution in [0.5, 0.6) is 0 Å². The number of thiol groups is 1. The van der Waals surface area contributed by atoms with Crippen molar-refractivity contribution in [2.24, 2.45) is 0 Å². The summed E-state index contributed by atoms with van der Waals surface area (Å²) >= 11 is 4.36. The van der Waals surface area contributed by atoms with Crippen molar-refractivity contribution in [2.45, 2.75) is 45.8 Å². The van der Waals surface area contributed by atoms with E-state index in [0.29, 0.717) is 5.75 Å². The molecule has 2 heterocycles. The molecule has 1 saturated heterocycles. The molecule has 21 heavy (non-hydrogen) atoms. The fourth-order valence-corrected chi connectivity index (χ4v) is 2.29. The van der Waals surface area contributed by atoms with E-state index in [1.807, 2.05) is 40.7 Å². The highest BCUT2D eigenvalue weighted by molar-refractivity contribution is 7.80. The van der Waals surface area contributed by atoms with Gasteiger partial charge in [-0.2, -0.15) is 17.0 Å². The van der Waals surface area contributed by atoms with Gasteiger partial charge in [0, 0.05) is 18.0 Å². The summed E-state index contributed by atoms with van der Waals surface area (Å²) in [6.07, 6.45) is 3.39. The van der Waals surface area contributed by atoms with Crippen LogP contribution in [0.1, 0.15) is 38.8 Å². The molecule has 3 nitrogen and oxygen atoms in total. The van der Waals surface area contributed by atoms with E-state index in [9.17, 15) is 4.39 Å². The van der Waals surface area contributed by atoms with E-state index in [-0.39, 0.29) is 0 Å². The number of aryl methyl sites for hydroxylation is 1. The molecule has 0 amide bonds. The SMILES string of the molecule is Cc1cnc(F)cc1C=C(CS)B1OC(C)(C)C(C)(C)O1. The highest BCUT2D eigenvalue weighted by atomic mass is 32.1. The molecule has 2 rings (SSSR count). The van der Waals surface area contributed by atoms with Gasteiger partial charge in [0.1, 0.15) is 0 Å². The molecule has 1 aliphatic rings. The Hall–Kier alpha value is -0.845. The normalized spacial score (nSPS) is 20.9. The zero-order valence-electron chi connectivity index (χ0n) is 13.1. The van der Waals surface area contributed by atoms with Gasteiger partial charge in [-0.25, -0.2) is 4.98 Å². The Morgan fingerprint density at radius 1 is 1.33 bits per heavy atom. The highest BCUT2D eigenvalue weighted by Crippen LogP contribution is 2.39. The first kappa shape index (κ1) is 16.5. The topological polar surface area (TPSA) is 31.4 Å². The molecule has 0 bridgehead atoms. The summed E-state index contributed by atoms with van der Waals surface area (Å²) in [5.41, 5.74) is 1.72. The average Bonchev–Trinajstić information content (AvgIpc) is 2.59. The number of halogens is 1. The predicted octanol–water partition coefficient (Wildman–Crippen LogP) is 3.47. The van der Waals surface area contributed by atoms with E-state index in [0.717, 1.165) is 16.6 Å². The lowest BCUT2D eigenvalue weighted by Crippen LogP contribution is -2.41. The van der Waals surface area contributed by atoms with Crippen LogP contribution in [-0.2, 0) is 9.31 Å². The smallest absolute Gasteiger partial charge is 0.400 e. The average molecular weight is 309 g/mol. The molecule has 0 spiro atoms. The quantitative estimate of drug-likeness (QED) is 0.527. The molecule has 0 saturated carbocycles. The lowest BCUT2D eigenvalue weighted by molar-refractivity contribution is 0.00578. The molecule has 0 atom stereocenters. The monoisotopic (exact) mass is 309 g/mol. The van der Waals surface area contributed by atoms with Crippen molar-refractivity contribution in [1.29, 1.82) is 0 Å². The van der Waals surface area contributed by atoms with Crippen LogP contribution in [0.15, 0.2) is 17.7 Å². The third-order valence-corrected chi connectivity index (χ3v) is 4.56. The summed E-state index contributed by atoms with van der Waals surface area (Å²) in [5, 5.41) is 0. The molecular weight excluding hydrogens is 288 g/mol. The van der Waals surface area contributed by atoms with Crippen molar-refractivity contribution in [1.82, 2.24) is 4.98 Å². The van der Waals surface area contributed by atoms with Gasteiger partial charge in [0.2, 0.25) is 5.95 Å². The maximum Gasteiger partial charge on any atom is 0.491 e. The second kappa shape index (κ2) is 5.74. The van der Waals surface area contributed by atoms with Crippen LogP contribution in [-0.4, -0.2) is 29.1 Å². The summed E-state index contributed by atoms with van der Waals surface area (Å²) in [5.74, 6) is -0.0282. The van der Waals surface area contributed by atoms with Gasteiger partial charge in [0.05, 0.1) is 11.2 Å². The maximum atomic E-state index is 13.3. The largest absolute Gasteiger partial charge is 0.491 e. The van der Waals surface area contributed by atoms with Crippen molar-refractivity contribution >= 4 is 25.8 Å². The maximum absolute atomic E-state index is 13.3. The first-order chi connectivity index (χ1) is 9.66. The zero-order chi connectivity index (χ0) is 15.8. The minimum absolute atomic E-state index is 0.405. The van der Waals surface area contributed by atoms with E-state index < -0.39 is 24.3 Å². The van der Waals surface area contributed by atoms with Crippen LogP contribution in [0.2, 0.25) is 0 Å². The molecule has 0 N–H and O–H groups in total. The Morgan fingerprint density at radius 3 is 2.43 bits per heavy atom. The third-order valence-electron chi connectivity index (χ3n) is 4.19. The molecule has 1 aromatic heterocycles. The summed E-state index contributed by atoms with van der Waals surface area (Å²) in [7, 11) is -0.469. The van der Waals surface area contributed by atoms with Gasteiger partial charge in [-0.3, -0.25) is 0 Å². The standard InChI is InChI=1S/C15H21BFNO2S/c1-10-8-18-13(17)7-11(10)6-12(9-21)16-19-14(2,3)15(4,5)20-16/h6-8,21H,9H2,1-5H3. The zero-order valence-corrected chi connectivity index (χ0v) is 14.0. The first-order valence-corrected chi connectivity index (χ1v) is 7.58. The Labute approximate surface area is 131 Å². The van der Waals surface area contributed by atoms with Crippen molar-refractivity contribution in [2.75, 3.05) is 5.75 Å². The molecule has 0 aromatic carbocycles. The van der Waals surface area contributed by atoms with Crippen LogP contribution in [0, 0.1) is 12.9 Å². The number of nitrogens with zero attached hydrogens (tertiary/aromatic N) is 1. The molecular formula is C15H21BFNO2S. The molecule has 114 valence electrons. The van der Waals surface area contributed by atoms with Crippen LogP contribution < -0.4 is 0 Å². The summed E-state index contributed by atoms with van der Waals surface area (Å²) in [4.78, 5) is 3.64. The summed E-state index contributed by atoms with van der Waals surface area (Å²) in [6, 6.07) is 1.41. The van der Waals surface area contributed by atoms with Crippen LogP contribution >= 0.6 is 12.6 Å². The summed E-state index contributed by atoms with van der Waals surface area (Å²) in [6.45, 7) is 9.89. The number of rotatable bonds is 3. The highest BCUT2D eigenvalue weighted by Gasteiger charge is 2.52. The van der Waals surface area contributed by atoms with Gasteiger partial charge in [0.15, 0.2) is 0 Å². The lowest BCUT2D eigenvalue weighted by Gasteiger charge is -2.32. The second-order valence-electron chi connectivity index (χ2n) is 6.33. The van der Waals surface area contributed by atoms with E-state index in [1.54, 1.807) is 0 Å². The first-order valence-electron chi connectivity index (χ1n) is 6.95. The minimum atomic E-state index is -0.501. The predicted molar refractivity (Wildman–Crippen MR) is 86.8 cm³/mol. The number of aromatic nitrogens is 1. The van der Waals surface area contributed by atoms with Crippen LogP contribution in [0.25, 0.3) is 6.08 Å². The van der Waals surface area contributed by atoms with Crippen molar-refractivity contribution in [3.05, 3.63) is 34.8 Å². The molecule has 0 aliphatic carbocycles. The van der Waals surface area contributed by atoms with Crippen molar-refractivity contribution < 1.29 is 13.7 Å². The third kappa shape index (κ3) is 3.33. The van der Waals surface area contributed by atoms with Crippen molar-refractivity contribution in [3.8, 4) is 0 Å². The van der Waals surface area contributed by atoms with Gasteiger partial charge in [-0.15, -0.1) is 0 Å². The molecule has 0 unspecified atom stereocenters. The van der Waals surface area contributed by atoms with Crippen LogP contribution in [0.4, 0.5) is 4.39 Å². The van der Waals surface area contributed by atoms with Gasteiger partial charge < -0.3 is 9.31 Å². The van der Waals surface area contributed by atoms with Crippen LogP contribution in [0.3, 0.4) is 0 Å². The van der Waals surface area contributed by atoms with Gasteiger partial charge in [-0.05, 0) is 51.2 Å². The van der Waals surface area contributed by atoms with E-state index in [2.05, 4.69) is 17.6 Å². The molecule has 1 aliphatic heterocycles. The molecule has 1 aromatic rings. The van der Waals surface area contributed by atoms with E-state index in [4.69, 9.17) is 9.31 Å². The van der Waals surface area contributed by atoms with E-state index >= 15 is 0 Å². The Morgan fingerprint density at radius 2 is 1.90 bits per heavy atom. The summed E-state index contributed by atoms with van der Waals surface area (Å²) < 4.78 is 25.3. The van der Waals surface area contributed by atoms with Gasteiger partial charge >= 0.3 is 7.12 Å². The fraction of sp³-hybridized carbons (Fsp3) is 0.533.